The minimum atomic E-state index is -0.434. The van der Waals surface area contributed by atoms with E-state index in [1.54, 1.807) is 19.2 Å². The summed E-state index contributed by atoms with van der Waals surface area (Å²) in [6, 6.07) is 5.64. The second-order valence-corrected chi connectivity index (χ2v) is 10.5. The number of hydrazine groups is 1. The third-order valence-corrected chi connectivity index (χ3v) is 6.69. The molecule has 0 radical (unpaired) electrons. The van der Waals surface area contributed by atoms with Crippen LogP contribution in [0.3, 0.4) is 0 Å². The van der Waals surface area contributed by atoms with Crippen LogP contribution < -0.4 is 15.3 Å². The van der Waals surface area contributed by atoms with Gasteiger partial charge in [0.2, 0.25) is 0 Å². The van der Waals surface area contributed by atoms with Crippen molar-refractivity contribution in [3.05, 3.63) is 46.3 Å². The Kier molecular flexibility index (Phi) is 5.04. The van der Waals surface area contributed by atoms with Crippen LogP contribution in [-0.4, -0.2) is 30.8 Å². The first-order valence-corrected chi connectivity index (χ1v) is 10.8. The summed E-state index contributed by atoms with van der Waals surface area (Å²) in [6.45, 7) is 8.36. The SMILES string of the molecule is COc1ccc(C2C3=C(CC(C)(C)CC3=O)N(N)C3=C2C(=O)CC(C)(C)C3)cc1OC. The van der Waals surface area contributed by atoms with E-state index in [1.807, 2.05) is 18.2 Å². The van der Waals surface area contributed by atoms with Gasteiger partial charge in [0.15, 0.2) is 23.1 Å². The fourth-order valence-corrected chi connectivity index (χ4v) is 5.36. The van der Waals surface area contributed by atoms with Crippen molar-refractivity contribution in [2.75, 3.05) is 14.2 Å². The zero-order valence-corrected chi connectivity index (χ0v) is 19.3. The van der Waals surface area contributed by atoms with Crippen molar-refractivity contribution in [2.24, 2.45) is 16.7 Å². The molecule has 0 aromatic heterocycles. The average Bonchev–Trinajstić information content (AvgIpc) is 2.67. The van der Waals surface area contributed by atoms with Crippen molar-refractivity contribution >= 4 is 11.6 Å². The van der Waals surface area contributed by atoms with Crippen LogP contribution in [0.5, 0.6) is 11.5 Å². The lowest BCUT2D eigenvalue weighted by atomic mass is 9.64. The lowest BCUT2D eigenvalue weighted by Crippen LogP contribution is -2.46. The number of allylic oxidation sites excluding steroid dienone is 4. The molecule has 6 heteroatoms. The molecule has 1 aromatic rings. The highest BCUT2D eigenvalue weighted by Gasteiger charge is 2.48. The highest BCUT2D eigenvalue weighted by atomic mass is 16.5. The smallest absolute Gasteiger partial charge is 0.162 e. The van der Waals surface area contributed by atoms with Gasteiger partial charge in [0.1, 0.15) is 0 Å². The van der Waals surface area contributed by atoms with E-state index in [2.05, 4.69) is 27.7 Å². The summed E-state index contributed by atoms with van der Waals surface area (Å²) in [7, 11) is 3.17. The van der Waals surface area contributed by atoms with E-state index in [4.69, 9.17) is 15.3 Å². The van der Waals surface area contributed by atoms with E-state index in [1.165, 1.54) is 0 Å². The molecule has 2 aliphatic carbocycles. The maximum atomic E-state index is 13.4. The van der Waals surface area contributed by atoms with Gasteiger partial charge in [0.05, 0.1) is 14.2 Å². The van der Waals surface area contributed by atoms with E-state index in [9.17, 15) is 9.59 Å². The third-order valence-electron chi connectivity index (χ3n) is 6.69. The number of ketones is 2. The maximum Gasteiger partial charge on any atom is 0.162 e. The number of hydrogen-bond acceptors (Lipinski definition) is 6. The molecule has 1 aromatic carbocycles. The normalized spacial score (nSPS) is 23.0. The van der Waals surface area contributed by atoms with Gasteiger partial charge in [-0.2, -0.15) is 0 Å². The molecule has 31 heavy (non-hydrogen) atoms. The Hall–Kier alpha value is -2.60. The number of hydrogen-bond donors (Lipinski definition) is 1. The lowest BCUT2D eigenvalue weighted by molar-refractivity contribution is -0.119. The molecular formula is C25H32N2O4. The van der Waals surface area contributed by atoms with Crippen LogP contribution in [0.25, 0.3) is 0 Å². The van der Waals surface area contributed by atoms with Crippen LogP contribution in [0.2, 0.25) is 0 Å². The first kappa shape index (κ1) is 21.6. The summed E-state index contributed by atoms with van der Waals surface area (Å²) >= 11 is 0. The summed E-state index contributed by atoms with van der Waals surface area (Å²) in [5, 5.41) is 1.65. The highest BCUT2D eigenvalue weighted by Crippen LogP contribution is 2.53. The van der Waals surface area contributed by atoms with Gasteiger partial charge in [0, 0.05) is 41.3 Å². The minimum absolute atomic E-state index is 0.0608. The van der Waals surface area contributed by atoms with E-state index >= 15 is 0 Å². The van der Waals surface area contributed by atoms with Gasteiger partial charge in [-0.05, 0) is 41.4 Å². The summed E-state index contributed by atoms with van der Waals surface area (Å²) in [5.74, 6) is 7.49. The number of carbonyl (C=O) groups is 2. The molecule has 0 unspecified atom stereocenters. The van der Waals surface area contributed by atoms with E-state index in [-0.39, 0.29) is 22.4 Å². The summed E-state index contributed by atoms with van der Waals surface area (Å²) < 4.78 is 10.9. The van der Waals surface area contributed by atoms with Crippen molar-refractivity contribution < 1.29 is 19.1 Å². The molecule has 0 atom stereocenters. The molecule has 0 saturated heterocycles. The molecule has 1 heterocycles. The van der Waals surface area contributed by atoms with Gasteiger partial charge in [-0.15, -0.1) is 0 Å². The first-order chi connectivity index (χ1) is 14.5. The molecular weight excluding hydrogens is 392 g/mol. The maximum absolute atomic E-state index is 13.4. The number of nitrogens with zero attached hydrogens (tertiary/aromatic N) is 1. The largest absolute Gasteiger partial charge is 0.493 e. The second kappa shape index (κ2) is 7.23. The molecule has 0 spiro atoms. The van der Waals surface area contributed by atoms with Crippen LogP contribution in [0.4, 0.5) is 0 Å². The van der Waals surface area contributed by atoms with Gasteiger partial charge < -0.3 is 9.47 Å². The van der Waals surface area contributed by atoms with Crippen molar-refractivity contribution in [3.63, 3.8) is 0 Å². The predicted octanol–water partition coefficient (Wildman–Crippen LogP) is 4.26. The molecule has 0 bridgehead atoms. The Labute approximate surface area is 184 Å². The number of benzene rings is 1. The van der Waals surface area contributed by atoms with Gasteiger partial charge in [-0.1, -0.05) is 33.8 Å². The Morgan fingerprint density at radius 1 is 0.839 bits per heavy atom. The van der Waals surface area contributed by atoms with Gasteiger partial charge >= 0.3 is 0 Å². The van der Waals surface area contributed by atoms with Gasteiger partial charge in [-0.25, -0.2) is 5.84 Å². The molecule has 3 aliphatic rings. The Morgan fingerprint density at radius 2 is 1.32 bits per heavy atom. The molecule has 6 nitrogen and oxygen atoms in total. The zero-order valence-electron chi connectivity index (χ0n) is 19.3. The van der Waals surface area contributed by atoms with Crippen molar-refractivity contribution in [2.45, 2.75) is 59.3 Å². The Morgan fingerprint density at radius 3 is 1.77 bits per heavy atom. The van der Waals surface area contributed by atoms with Crippen LogP contribution in [0.15, 0.2) is 40.7 Å². The molecule has 166 valence electrons. The van der Waals surface area contributed by atoms with E-state index in [0.717, 1.165) is 17.0 Å². The number of methoxy groups -OCH3 is 2. The highest BCUT2D eigenvalue weighted by molar-refractivity contribution is 6.06. The lowest BCUT2D eigenvalue weighted by Gasteiger charge is -2.47. The molecule has 2 N–H and O–H groups in total. The zero-order chi connectivity index (χ0) is 22.7. The Bertz CT molecular complexity index is 978. The standard InChI is InChI=1S/C25H32N2O4/c1-24(2)10-15-22(17(28)12-24)21(14-7-8-19(30-5)20(9-14)31-6)23-16(27(15)26)11-25(3,4)13-18(23)29/h7-9,21H,10-13,26H2,1-6H3. The number of carbonyl (C=O) groups excluding carboxylic acids is 2. The summed E-state index contributed by atoms with van der Waals surface area (Å²) in [5.41, 5.74) is 3.48. The van der Waals surface area contributed by atoms with Crippen LogP contribution in [-0.2, 0) is 9.59 Å². The summed E-state index contributed by atoms with van der Waals surface area (Å²) in [4.78, 5) is 26.9. The Balaban J connectivity index is 1.97. The van der Waals surface area contributed by atoms with Crippen LogP contribution in [0, 0.1) is 10.8 Å². The fourth-order valence-electron chi connectivity index (χ4n) is 5.36. The van der Waals surface area contributed by atoms with Gasteiger partial charge in [0.25, 0.3) is 0 Å². The van der Waals surface area contributed by atoms with Crippen molar-refractivity contribution in [3.8, 4) is 11.5 Å². The van der Waals surface area contributed by atoms with Crippen LogP contribution >= 0.6 is 0 Å². The van der Waals surface area contributed by atoms with Crippen molar-refractivity contribution in [1.82, 2.24) is 5.01 Å². The van der Waals surface area contributed by atoms with Crippen LogP contribution in [0.1, 0.15) is 64.9 Å². The van der Waals surface area contributed by atoms with Gasteiger partial charge in [-0.3, -0.25) is 14.6 Å². The molecule has 0 amide bonds. The molecule has 0 fully saturated rings. The molecule has 4 rings (SSSR count). The number of rotatable bonds is 3. The molecule has 0 saturated carbocycles. The second-order valence-electron chi connectivity index (χ2n) is 10.5. The number of Topliss-reactive ketones (excluding diaryl/α,β-unsaturated/α-hetero) is 2. The predicted molar refractivity (Wildman–Crippen MR) is 118 cm³/mol. The average molecular weight is 425 g/mol. The van der Waals surface area contributed by atoms with E-state index < -0.39 is 5.92 Å². The number of nitrogens with two attached hydrogens (primary N) is 1. The first-order valence-electron chi connectivity index (χ1n) is 10.8. The molecule has 1 aliphatic heterocycles. The van der Waals surface area contributed by atoms with E-state index in [0.29, 0.717) is 48.3 Å². The topological polar surface area (TPSA) is 81.9 Å². The summed E-state index contributed by atoms with van der Waals surface area (Å²) in [6.07, 6.45) is 2.26. The fraction of sp³-hybridized carbons (Fsp3) is 0.520. The van der Waals surface area contributed by atoms with Crippen molar-refractivity contribution in [1.29, 1.82) is 0 Å². The quantitative estimate of drug-likeness (QED) is 0.730. The third kappa shape index (κ3) is 3.57. The number of ether oxygens (including phenoxy) is 2. The monoisotopic (exact) mass is 424 g/mol. The minimum Gasteiger partial charge on any atom is -0.493 e.